The van der Waals surface area contributed by atoms with E-state index >= 15 is 0 Å². The van der Waals surface area contributed by atoms with Crippen LogP contribution in [0.3, 0.4) is 0 Å². The molecule has 0 saturated carbocycles. The van der Waals surface area contributed by atoms with E-state index in [4.69, 9.17) is 5.73 Å². The molecule has 2 heteroatoms. The first-order chi connectivity index (χ1) is 9.54. The van der Waals surface area contributed by atoms with Gasteiger partial charge in [0.05, 0.1) is 0 Å². The van der Waals surface area contributed by atoms with E-state index in [2.05, 4.69) is 13.8 Å². The summed E-state index contributed by atoms with van der Waals surface area (Å²) >= 11 is 0. The standard InChI is InChI=1S/C18H21NO/c1-12-4-9-17(14(3)13(12)2)18(20)16-7-5-15(6-8-16)10-11-19/h4-9H,10-11,19H2,1-3H3. The summed E-state index contributed by atoms with van der Waals surface area (Å²) in [7, 11) is 0. The molecule has 0 aliphatic heterocycles. The number of rotatable bonds is 4. The molecule has 2 N–H and O–H groups in total. The largest absolute Gasteiger partial charge is 0.330 e. The van der Waals surface area contributed by atoms with Crippen molar-refractivity contribution in [2.45, 2.75) is 27.2 Å². The van der Waals surface area contributed by atoms with Gasteiger partial charge in [-0.25, -0.2) is 0 Å². The normalized spacial score (nSPS) is 10.6. The van der Waals surface area contributed by atoms with Crippen LogP contribution in [-0.4, -0.2) is 12.3 Å². The van der Waals surface area contributed by atoms with Crippen molar-refractivity contribution in [3.63, 3.8) is 0 Å². The highest BCUT2D eigenvalue weighted by Gasteiger charge is 2.13. The van der Waals surface area contributed by atoms with Crippen molar-refractivity contribution < 1.29 is 4.79 Å². The Labute approximate surface area is 120 Å². The van der Waals surface area contributed by atoms with Gasteiger partial charge >= 0.3 is 0 Å². The molecule has 0 bridgehead atoms. The Morgan fingerprint density at radius 2 is 1.60 bits per heavy atom. The van der Waals surface area contributed by atoms with Crippen LogP contribution in [0.15, 0.2) is 36.4 Å². The second-order valence-corrected chi connectivity index (χ2v) is 5.24. The van der Waals surface area contributed by atoms with Gasteiger partial charge in [0.15, 0.2) is 5.78 Å². The first-order valence-electron chi connectivity index (χ1n) is 6.95. The minimum absolute atomic E-state index is 0.0879. The maximum absolute atomic E-state index is 12.6. The number of hydrogen-bond donors (Lipinski definition) is 1. The lowest BCUT2D eigenvalue weighted by atomic mass is 9.93. The van der Waals surface area contributed by atoms with Crippen molar-refractivity contribution in [3.05, 3.63) is 69.8 Å². The molecule has 104 valence electrons. The maximum atomic E-state index is 12.6. The molecule has 2 aromatic carbocycles. The average Bonchev–Trinajstić information content (AvgIpc) is 2.45. The minimum atomic E-state index is 0.0879. The molecule has 2 nitrogen and oxygen atoms in total. The van der Waals surface area contributed by atoms with Gasteiger partial charge in [-0.05, 0) is 56.0 Å². The Morgan fingerprint density at radius 1 is 0.950 bits per heavy atom. The van der Waals surface area contributed by atoms with E-state index in [-0.39, 0.29) is 5.78 Å². The van der Waals surface area contributed by atoms with Crippen LogP contribution in [0.2, 0.25) is 0 Å². The molecule has 0 saturated heterocycles. The minimum Gasteiger partial charge on any atom is -0.330 e. The third-order valence-corrected chi connectivity index (χ3v) is 3.95. The van der Waals surface area contributed by atoms with Crippen LogP contribution in [0.4, 0.5) is 0 Å². The van der Waals surface area contributed by atoms with Gasteiger partial charge in [0.1, 0.15) is 0 Å². The molecule has 0 spiro atoms. The van der Waals surface area contributed by atoms with Gasteiger partial charge in [-0.15, -0.1) is 0 Å². The third kappa shape index (κ3) is 2.81. The number of nitrogens with two attached hydrogens (primary N) is 1. The van der Waals surface area contributed by atoms with Crippen LogP contribution in [0.1, 0.15) is 38.2 Å². The lowest BCUT2D eigenvalue weighted by molar-refractivity contribution is 0.103. The molecule has 0 heterocycles. The quantitative estimate of drug-likeness (QED) is 0.863. The summed E-state index contributed by atoms with van der Waals surface area (Å²) in [5.41, 5.74) is 11.7. The van der Waals surface area contributed by atoms with Crippen LogP contribution < -0.4 is 5.73 Å². The van der Waals surface area contributed by atoms with Gasteiger partial charge in [0.2, 0.25) is 0 Å². The molecular formula is C18H21NO. The molecule has 0 aliphatic rings. The van der Waals surface area contributed by atoms with Crippen LogP contribution >= 0.6 is 0 Å². The molecule has 0 radical (unpaired) electrons. The predicted octanol–water partition coefficient (Wildman–Crippen LogP) is 3.34. The Hall–Kier alpha value is -1.93. The SMILES string of the molecule is Cc1ccc(C(=O)c2ccc(CCN)cc2)c(C)c1C. The number of aryl methyl sites for hydroxylation is 1. The lowest BCUT2D eigenvalue weighted by Crippen LogP contribution is -2.06. The Morgan fingerprint density at radius 3 is 2.20 bits per heavy atom. The van der Waals surface area contributed by atoms with E-state index in [1.54, 1.807) is 0 Å². The number of carbonyl (C=O) groups is 1. The second kappa shape index (κ2) is 6.02. The summed E-state index contributed by atoms with van der Waals surface area (Å²) in [4.78, 5) is 12.6. The van der Waals surface area contributed by atoms with Gasteiger partial charge in [-0.3, -0.25) is 4.79 Å². The van der Waals surface area contributed by atoms with Crippen LogP contribution in [0.5, 0.6) is 0 Å². The summed E-state index contributed by atoms with van der Waals surface area (Å²) < 4.78 is 0. The molecule has 0 atom stereocenters. The molecule has 0 amide bonds. The predicted molar refractivity (Wildman–Crippen MR) is 83.3 cm³/mol. The average molecular weight is 267 g/mol. The van der Waals surface area contributed by atoms with Crippen molar-refractivity contribution in [1.29, 1.82) is 0 Å². The number of benzene rings is 2. The molecule has 0 aliphatic carbocycles. The first kappa shape index (κ1) is 14.5. The van der Waals surface area contributed by atoms with E-state index < -0.39 is 0 Å². The molecule has 0 aromatic heterocycles. The van der Waals surface area contributed by atoms with E-state index in [9.17, 15) is 4.79 Å². The second-order valence-electron chi connectivity index (χ2n) is 5.24. The molecule has 20 heavy (non-hydrogen) atoms. The van der Waals surface area contributed by atoms with Gasteiger partial charge in [-0.2, -0.15) is 0 Å². The van der Waals surface area contributed by atoms with Gasteiger partial charge in [0, 0.05) is 11.1 Å². The third-order valence-electron chi connectivity index (χ3n) is 3.95. The van der Waals surface area contributed by atoms with Crippen LogP contribution in [0.25, 0.3) is 0 Å². The Balaban J connectivity index is 2.34. The van der Waals surface area contributed by atoms with E-state index in [1.165, 1.54) is 16.7 Å². The zero-order chi connectivity index (χ0) is 14.7. The first-order valence-corrected chi connectivity index (χ1v) is 6.95. The van der Waals surface area contributed by atoms with Gasteiger partial charge < -0.3 is 5.73 Å². The number of carbonyl (C=O) groups excluding carboxylic acids is 1. The number of hydrogen-bond acceptors (Lipinski definition) is 2. The summed E-state index contributed by atoms with van der Waals surface area (Å²) in [5, 5.41) is 0. The summed E-state index contributed by atoms with van der Waals surface area (Å²) in [6.45, 7) is 6.77. The number of ketones is 1. The smallest absolute Gasteiger partial charge is 0.193 e. The topological polar surface area (TPSA) is 43.1 Å². The summed E-state index contributed by atoms with van der Waals surface area (Å²) in [6, 6.07) is 11.7. The molecular weight excluding hydrogens is 246 g/mol. The van der Waals surface area contributed by atoms with E-state index in [0.29, 0.717) is 6.54 Å². The summed E-state index contributed by atoms with van der Waals surface area (Å²) in [6.07, 6.45) is 0.844. The Kier molecular flexibility index (Phi) is 4.35. The lowest BCUT2D eigenvalue weighted by Gasteiger charge is -2.10. The fourth-order valence-corrected chi connectivity index (χ4v) is 2.35. The van der Waals surface area contributed by atoms with E-state index in [0.717, 1.165) is 23.1 Å². The molecule has 2 aromatic rings. The van der Waals surface area contributed by atoms with Crippen molar-refractivity contribution in [2.24, 2.45) is 5.73 Å². The fourth-order valence-electron chi connectivity index (χ4n) is 2.35. The monoisotopic (exact) mass is 267 g/mol. The van der Waals surface area contributed by atoms with E-state index in [1.807, 2.05) is 43.3 Å². The zero-order valence-electron chi connectivity index (χ0n) is 12.4. The fraction of sp³-hybridized carbons (Fsp3) is 0.278. The van der Waals surface area contributed by atoms with Gasteiger partial charge in [-0.1, -0.05) is 36.4 Å². The zero-order valence-corrected chi connectivity index (χ0v) is 12.4. The van der Waals surface area contributed by atoms with Gasteiger partial charge in [0.25, 0.3) is 0 Å². The van der Waals surface area contributed by atoms with Crippen molar-refractivity contribution in [2.75, 3.05) is 6.54 Å². The highest BCUT2D eigenvalue weighted by atomic mass is 16.1. The highest BCUT2D eigenvalue weighted by molar-refractivity contribution is 6.10. The molecule has 0 fully saturated rings. The van der Waals surface area contributed by atoms with Crippen molar-refractivity contribution in [3.8, 4) is 0 Å². The van der Waals surface area contributed by atoms with Crippen LogP contribution in [0, 0.1) is 20.8 Å². The summed E-state index contributed by atoms with van der Waals surface area (Å²) in [5.74, 6) is 0.0879. The molecule has 0 unspecified atom stereocenters. The van der Waals surface area contributed by atoms with Crippen molar-refractivity contribution in [1.82, 2.24) is 0 Å². The Bertz CT molecular complexity index is 627. The maximum Gasteiger partial charge on any atom is 0.193 e. The van der Waals surface area contributed by atoms with Crippen LogP contribution in [-0.2, 0) is 6.42 Å². The highest BCUT2D eigenvalue weighted by Crippen LogP contribution is 2.20. The molecule has 2 rings (SSSR count). The van der Waals surface area contributed by atoms with Crippen molar-refractivity contribution >= 4 is 5.78 Å².